The van der Waals surface area contributed by atoms with Crippen LogP contribution in [-0.4, -0.2) is 16.7 Å². The Bertz CT molecular complexity index is 503. The van der Waals surface area contributed by atoms with Crippen molar-refractivity contribution in [1.82, 2.24) is 0 Å². The summed E-state index contributed by atoms with van der Waals surface area (Å²) in [5, 5.41) is 10.9. The summed E-state index contributed by atoms with van der Waals surface area (Å²) < 4.78 is 0. The largest absolute Gasteiger partial charge is 0.343 e. The van der Waals surface area contributed by atoms with Crippen LogP contribution in [-0.2, 0) is 14.4 Å². The lowest BCUT2D eigenvalue weighted by atomic mass is 10.3. The zero-order valence-corrected chi connectivity index (χ0v) is 10.1. The Labute approximate surface area is 107 Å². The van der Waals surface area contributed by atoms with Gasteiger partial charge < -0.3 is 4.84 Å². The minimum absolute atomic E-state index is 0.0266. The zero-order chi connectivity index (χ0) is 13.7. The fourth-order valence-electron chi connectivity index (χ4n) is 1.09. The molecule has 18 heavy (non-hydrogen) atoms. The average Bonchev–Trinajstić information content (AvgIpc) is 2.26. The number of halogens is 1. The number of carbonyl (C=O) groups is 2. The van der Waals surface area contributed by atoms with Gasteiger partial charge in [0.1, 0.15) is 17.9 Å². The number of hydrogen-bond acceptors (Lipinski definition) is 6. The summed E-state index contributed by atoms with van der Waals surface area (Å²) in [4.78, 5) is 36.3. The molecule has 7 nitrogen and oxygen atoms in total. The molecule has 96 valence electrons. The number of nitro benzene ring substituents is 1. The molecule has 0 unspecified atom stereocenters. The molecule has 0 fully saturated rings. The van der Waals surface area contributed by atoms with Gasteiger partial charge in [-0.05, 0) is 19.1 Å². The molecule has 0 aliphatic heterocycles. The standard InChI is InChI=1S/C10H9ClN2O5/c1-6(14)4-10(15)18-12-8-3-2-7(11)5-9(8)13(16)17/h2-3,5,12H,4H2,1H3. The Morgan fingerprint density at radius 1 is 1.50 bits per heavy atom. The molecule has 1 N–H and O–H groups in total. The third-order valence-corrected chi connectivity index (χ3v) is 2.06. The van der Waals surface area contributed by atoms with E-state index in [1.165, 1.54) is 19.1 Å². The quantitative estimate of drug-likeness (QED) is 0.501. The first-order valence-corrected chi connectivity index (χ1v) is 5.17. The number of Topliss-reactive ketones (excluding diaryl/α,β-unsaturated/α-hetero) is 1. The van der Waals surface area contributed by atoms with E-state index in [-0.39, 0.29) is 22.2 Å². The van der Waals surface area contributed by atoms with E-state index in [2.05, 4.69) is 10.3 Å². The van der Waals surface area contributed by atoms with Gasteiger partial charge in [-0.25, -0.2) is 10.3 Å². The highest BCUT2D eigenvalue weighted by Gasteiger charge is 2.16. The van der Waals surface area contributed by atoms with Crippen LogP contribution in [0.5, 0.6) is 0 Å². The van der Waals surface area contributed by atoms with Gasteiger partial charge in [-0.15, -0.1) is 0 Å². The fraction of sp³-hybridized carbons (Fsp3) is 0.200. The van der Waals surface area contributed by atoms with E-state index in [0.717, 1.165) is 6.07 Å². The molecule has 1 aromatic rings. The van der Waals surface area contributed by atoms with Gasteiger partial charge in [0.25, 0.3) is 5.69 Å². The fourth-order valence-corrected chi connectivity index (χ4v) is 1.26. The SMILES string of the molecule is CC(=O)CC(=O)ONc1ccc(Cl)cc1[N+](=O)[O-]. The lowest BCUT2D eigenvalue weighted by molar-refractivity contribution is -0.384. The van der Waals surface area contributed by atoms with Crippen LogP contribution < -0.4 is 5.48 Å². The van der Waals surface area contributed by atoms with E-state index in [9.17, 15) is 19.7 Å². The summed E-state index contributed by atoms with van der Waals surface area (Å²) in [6.07, 6.45) is -0.408. The predicted molar refractivity (Wildman–Crippen MR) is 63.1 cm³/mol. The normalized spacial score (nSPS) is 9.67. The van der Waals surface area contributed by atoms with Gasteiger partial charge >= 0.3 is 5.97 Å². The van der Waals surface area contributed by atoms with Crippen molar-refractivity contribution in [2.24, 2.45) is 0 Å². The van der Waals surface area contributed by atoms with Gasteiger partial charge in [-0.3, -0.25) is 14.9 Å². The molecule has 0 aliphatic carbocycles. The summed E-state index contributed by atoms with van der Waals surface area (Å²) in [5.74, 6) is -1.20. The molecule has 0 radical (unpaired) electrons. The second-order valence-corrected chi connectivity index (χ2v) is 3.81. The lowest BCUT2D eigenvalue weighted by Gasteiger charge is -2.06. The summed E-state index contributed by atoms with van der Waals surface area (Å²) >= 11 is 5.61. The molecule has 0 amide bonds. The molecule has 0 saturated heterocycles. The first-order valence-electron chi connectivity index (χ1n) is 4.79. The first-order chi connectivity index (χ1) is 8.40. The van der Waals surface area contributed by atoms with Crippen LogP contribution in [0.1, 0.15) is 13.3 Å². The lowest BCUT2D eigenvalue weighted by Crippen LogP contribution is -2.14. The van der Waals surface area contributed by atoms with Crippen LogP contribution in [0.3, 0.4) is 0 Å². The molecule has 0 heterocycles. The van der Waals surface area contributed by atoms with Crippen LogP contribution >= 0.6 is 11.6 Å². The van der Waals surface area contributed by atoms with Crippen molar-refractivity contribution in [2.75, 3.05) is 5.48 Å². The van der Waals surface area contributed by atoms with E-state index < -0.39 is 17.3 Å². The van der Waals surface area contributed by atoms with Crippen molar-refractivity contribution in [1.29, 1.82) is 0 Å². The van der Waals surface area contributed by atoms with Gasteiger partial charge in [-0.1, -0.05) is 11.6 Å². The second kappa shape index (κ2) is 5.97. The molecule has 8 heteroatoms. The number of carbonyl (C=O) groups excluding carboxylic acids is 2. The van der Waals surface area contributed by atoms with Crippen LogP contribution in [0.2, 0.25) is 5.02 Å². The minimum atomic E-state index is -0.827. The van der Waals surface area contributed by atoms with Gasteiger partial charge in [0.05, 0.1) is 4.92 Å². The Kier molecular flexibility index (Phi) is 4.61. The summed E-state index contributed by atoms with van der Waals surface area (Å²) in [7, 11) is 0. The average molecular weight is 273 g/mol. The number of nitrogens with zero attached hydrogens (tertiary/aromatic N) is 1. The van der Waals surface area contributed by atoms with Crippen molar-refractivity contribution in [3.8, 4) is 0 Å². The monoisotopic (exact) mass is 272 g/mol. The van der Waals surface area contributed by atoms with Gasteiger partial charge in [0.15, 0.2) is 0 Å². The molecule has 0 aromatic heterocycles. The molecular formula is C10H9ClN2O5. The third kappa shape index (κ3) is 4.02. The van der Waals surface area contributed by atoms with Crippen LogP contribution in [0.15, 0.2) is 18.2 Å². The topological polar surface area (TPSA) is 98.5 Å². The Hall–Kier alpha value is -2.15. The molecule has 0 saturated carbocycles. The van der Waals surface area contributed by atoms with Gasteiger partial charge in [0.2, 0.25) is 0 Å². The predicted octanol–water partition coefficient (Wildman–Crippen LogP) is 2.10. The molecule has 0 atom stereocenters. The van der Waals surface area contributed by atoms with E-state index in [1.54, 1.807) is 0 Å². The number of nitro groups is 1. The Balaban J connectivity index is 2.76. The molecule has 0 aliphatic rings. The van der Waals surface area contributed by atoms with Crippen LogP contribution in [0.25, 0.3) is 0 Å². The van der Waals surface area contributed by atoms with Crippen LogP contribution in [0, 0.1) is 10.1 Å². The van der Waals surface area contributed by atoms with Crippen molar-refractivity contribution in [2.45, 2.75) is 13.3 Å². The number of anilines is 1. The maximum absolute atomic E-state index is 11.1. The summed E-state index contributed by atoms with van der Waals surface area (Å²) in [6.45, 7) is 1.23. The van der Waals surface area contributed by atoms with Crippen molar-refractivity contribution in [3.05, 3.63) is 33.3 Å². The van der Waals surface area contributed by atoms with Crippen LogP contribution in [0.4, 0.5) is 11.4 Å². The molecule has 1 rings (SSSR count). The van der Waals surface area contributed by atoms with Crippen molar-refractivity contribution < 1.29 is 19.3 Å². The first kappa shape index (κ1) is 13.9. The van der Waals surface area contributed by atoms with Crippen molar-refractivity contribution >= 4 is 34.7 Å². The smallest absolute Gasteiger partial charge is 0.339 e. The Morgan fingerprint density at radius 3 is 2.72 bits per heavy atom. The van der Waals surface area contributed by atoms with Crippen molar-refractivity contribution in [3.63, 3.8) is 0 Å². The number of benzene rings is 1. The molecule has 1 aromatic carbocycles. The Morgan fingerprint density at radius 2 is 2.17 bits per heavy atom. The summed E-state index contributed by atoms with van der Waals surface area (Å²) in [5.41, 5.74) is 1.76. The van der Waals surface area contributed by atoms with Gasteiger partial charge in [-0.2, -0.15) is 0 Å². The maximum Gasteiger partial charge on any atom is 0.339 e. The molecule has 0 bridgehead atoms. The van der Waals surface area contributed by atoms with E-state index in [0.29, 0.717) is 0 Å². The highest BCUT2D eigenvalue weighted by molar-refractivity contribution is 6.30. The third-order valence-electron chi connectivity index (χ3n) is 1.82. The van der Waals surface area contributed by atoms with E-state index in [1.807, 2.05) is 0 Å². The van der Waals surface area contributed by atoms with E-state index in [4.69, 9.17) is 11.6 Å². The molecular weight excluding hydrogens is 264 g/mol. The second-order valence-electron chi connectivity index (χ2n) is 3.37. The summed E-state index contributed by atoms with van der Waals surface area (Å²) in [6, 6.07) is 3.81. The number of ketones is 1. The number of nitrogens with one attached hydrogen (secondary N) is 1. The highest BCUT2D eigenvalue weighted by Crippen LogP contribution is 2.27. The highest BCUT2D eigenvalue weighted by atomic mass is 35.5. The van der Waals surface area contributed by atoms with Gasteiger partial charge in [0, 0.05) is 11.1 Å². The zero-order valence-electron chi connectivity index (χ0n) is 9.31. The van der Waals surface area contributed by atoms with E-state index >= 15 is 0 Å². The molecule has 0 spiro atoms. The number of rotatable bonds is 5. The minimum Gasteiger partial charge on any atom is -0.343 e. The number of hydrogen-bond donors (Lipinski definition) is 1. The maximum atomic E-state index is 11.1.